The smallest absolute Gasteiger partial charge is 0.115 e. The quantitative estimate of drug-likeness (QED) is 0.444. The summed E-state index contributed by atoms with van der Waals surface area (Å²) >= 11 is 0. The highest BCUT2D eigenvalue weighted by Gasteiger charge is 1.78. The maximum absolute atomic E-state index is 11.7. The van der Waals surface area contributed by atoms with Gasteiger partial charge in [-0.25, -0.2) is 4.39 Å². The van der Waals surface area contributed by atoms with Crippen molar-refractivity contribution in [1.82, 2.24) is 0 Å². The molecular formula is C6H9F. The largest absolute Gasteiger partial charge is 0.208 e. The van der Waals surface area contributed by atoms with Gasteiger partial charge in [0, 0.05) is 0 Å². The fraction of sp³-hybridized carbons (Fsp3) is 0.333. The second-order valence-electron chi connectivity index (χ2n) is 1.67. The molecular weight excluding hydrogens is 91.1 g/mol. The van der Waals surface area contributed by atoms with Crippen molar-refractivity contribution in [2.24, 2.45) is 0 Å². The van der Waals surface area contributed by atoms with Crippen LogP contribution in [0.1, 0.15) is 13.8 Å². The van der Waals surface area contributed by atoms with Gasteiger partial charge in [0.25, 0.3) is 0 Å². The molecule has 0 fully saturated rings. The molecule has 0 nitrogen and oxygen atoms in total. The van der Waals surface area contributed by atoms with E-state index in [9.17, 15) is 4.39 Å². The molecule has 0 spiro atoms. The van der Waals surface area contributed by atoms with Gasteiger partial charge in [-0.3, -0.25) is 0 Å². The predicted molar refractivity (Wildman–Crippen MR) is 29.7 cm³/mol. The monoisotopic (exact) mass is 100 g/mol. The van der Waals surface area contributed by atoms with E-state index >= 15 is 0 Å². The van der Waals surface area contributed by atoms with Crippen LogP contribution in [0, 0.1) is 0 Å². The van der Waals surface area contributed by atoms with Crippen molar-refractivity contribution >= 4 is 0 Å². The predicted octanol–water partition coefficient (Wildman–Crippen LogP) is 2.44. The van der Waals surface area contributed by atoms with Gasteiger partial charge in [-0.05, 0) is 19.9 Å². The third-order valence-electron chi connectivity index (χ3n) is 0.445. The number of hydrogen-bond donors (Lipinski definition) is 0. The minimum atomic E-state index is -0.375. The van der Waals surface area contributed by atoms with Gasteiger partial charge in [0.1, 0.15) is 5.83 Å². The lowest BCUT2D eigenvalue weighted by Crippen LogP contribution is -1.62. The van der Waals surface area contributed by atoms with Gasteiger partial charge in [-0.1, -0.05) is 12.2 Å². The average Bonchev–Trinajstić information content (AvgIpc) is 1.27. The zero-order valence-corrected chi connectivity index (χ0v) is 4.66. The summed E-state index contributed by atoms with van der Waals surface area (Å²) < 4.78 is 11.7. The van der Waals surface area contributed by atoms with E-state index in [0.29, 0.717) is 0 Å². The first-order chi connectivity index (χ1) is 3.13. The molecule has 0 bridgehead atoms. The summed E-state index contributed by atoms with van der Waals surface area (Å²) in [7, 11) is 0. The van der Waals surface area contributed by atoms with E-state index in [1.807, 2.05) is 13.8 Å². The molecule has 0 saturated carbocycles. The zero-order chi connectivity index (χ0) is 5.86. The fourth-order valence-corrected chi connectivity index (χ4v) is 0.313. The van der Waals surface area contributed by atoms with Crippen molar-refractivity contribution in [2.45, 2.75) is 13.8 Å². The Morgan fingerprint density at radius 1 is 1.57 bits per heavy atom. The highest BCUT2D eigenvalue weighted by atomic mass is 19.1. The van der Waals surface area contributed by atoms with Crippen molar-refractivity contribution in [3.8, 4) is 0 Å². The van der Waals surface area contributed by atoms with E-state index in [2.05, 4.69) is 6.58 Å². The highest BCUT2D eigenvalue weighted by molar-refractivity contribution is 5.10. The van der Waals surface area contributed by atoms with Gasteiger partial charge < -0.3 is 0 Å². The summed E-state index contributed by atoms with van der Waals surface area (Å²) in [6, 6.07) is 0. The molecule has 0 aromatic heterocycles. The van der Waals surface area contributed by atoms with Crippen molar-refractivity contribution in [3.63, 3.8) is 0 Å². The molecule has 40 valence electrons. The molecule has 0 aliphatic rings. The fourth-order valence-electron chi connectivity index (χ4n) is 0.313. The highest BCUT2D eigenvalue weighted by Crippen LogP contribution is 1.97. The van der Waals surface area contributed by atoms with Gasteiger partial charge in [-0.15, -0.1) is 0 Å². The Morgan fingerprint density at radius 2 is 2.00 bits per heavy atom. The van der Waals surface area contributed by atoms with Gasteiger partial charge >= 0.3 is 0 Å². The molecule has 0 aromatic carbocycles. The molecule has 0 heterocycles. The topological polar surface area (TPSA) is 0 Å². The van der Waals surface area contributed by atoms with E-state index in [1.165, 1.54) is 6.08 Å². The summed E-state index contributed by atoms with van der Waals surface area (Å²) in [4.78, 5) is 0. The van der Waals surface area contributed by atoms with Crippen molar-refractivity contribution in [3.05, 3.63) is 24.1 Å². The first-order valence-electron chi connectivity index (χ1n) is 2.12. The normalized spacial score (nSPS) is 7.86. The number of rotatable bonds is 1. The molecule has 0 aliphatic carbocycles. The summed E-state index contributed by atoms with van der Waals surface area (Å²) in [5.41, 5.74) is 0.938. The Labute approximate surface area is 43.4 Å². The average molecular weight is 100 g/mol. The zero-order valence-electron chi connectivity index (χ0n) is 4.66. The van der Waals surface area contributed by atoms with Crippen LogP contribution in [0.25, 0.3) is 0 Å². The maximum atomic E-state index is 11.7. The Morgan fingerprint density at radius 3 is 2.00 bits per heavy atom. The summed E-state index contributed by atoms with van der Waals surface area (Å²) in [5, 5.41) is 0. The van der Waals surface area contributed by atoms with Crippen molar-refractivity contribution < 1.29 is 4.39 Å². The van der Waals surface area contributed by atoms with Crippen molar-refractivity contribution in [1.29, 1.82) is 0 Å². The number of hydrogen-bond acceptors (Lipinski definition) is 0. The minimum absolute atomic E-state index is 0.375. The summed E-state index contributed by atoms with van der Waals surface area (Å²) in [6.45, 7) is 6.70. The van der Waals surface area contributed by atoms with Gasteiger partial charge in [0.05, 0.1) is 0 Å². The third-order valence-corrected chi connectivity index (χ3v) is 0.445. The van der Waals surface area contributed by atoms with E-state index in [-0.39, 0.29) is 5.83 Å². The molecule has 0 rings (SSSR count). The van der Waals surface area contributed by atoms with Gasteiger partial charge in [-0.2, -0.15) is 0 Å². The lowest BCUT2D eigenvalue weighted by atomic mass is 10.3. The van der Waals surface area contributed by atoms with Gasteiger partial charge in [0.2, 0.25) is 0 Å². The Hall–Kier alpha value is -0.590. The molecule has 0 unspecified atom stereocenters. The van der Waals surface area contributed by atoms with E-state index in [0.717, 1.165) is 5.57 Å². The molecule has 0 amide bonds. The summed E-state index contributed by atoms with van der Waals surface area (Å²) in [5.74, 6) is -0.375. The lowest BCUT2D eigenvalue weighted by Gasteiger charge is -1.82. The molecule has 0 atom stereocenters. The molecule has 0 aliphatic heterocycles. The molecule has 0 saturated heterocycles. The number of halogens is 1. The van der Waals surface area contributed by atoms with Crippen LogP contribution in [-0.4, -0.2) is 0 Å². The maximum Gasteiger partial charge on any atom is 0.115 e. The third kappa shape index (κ3) is 5.41. The van der Waals surface area contributed by atoms with Crippen molar-refractivity contribution in [2.75, 3.05) is 0 Å². The van der Waals surface area contributed by atoms with Gasteiger partial charge in [0.15, 0.2) is 0 Å². The second kappa shape index (κ2) is 2.56. The lowest BCUT2D eigenvalue weighted by molar-refractivity contribution is 0.669. The molecule has 0 radical (unpaired) electrons. The first kappa shape index (κ1) is 6.41. The van der Waals surface area contributed by atoms with Crippen LogP contribution in [0.2, 0.25) is 0 Å². The first-order valence-corrected chi connectivity index (χ1v) is 2.12. The Bertz CT molecular complexity index is 96.7. The van der Waals surface area contributed by atoms with E-state index in [1.54, 1.807) is 0 Å². The number of allylic oxidation sites excluding steroid dienone is 3. The molecule has 7 heavy (non-hydrogen) atoms. The van der Waals surface area contributed by atoms with Crippen LogP contribution in [0.4, 0.5) is 4.39 Å². The van der Waals surface area contributed by atoms with Crippen LogP contribution in [0.3, 0.4) is 0 Å². The minimum Gasteiger partial charge on any atom is -0.208 e. The van der Waals surface area contributed by atoms with Crippen LogP contribution >= 0.6 is 0 Å². The van der Waals surface area contributed by atoms with Crippen LogP contribution in [-0.2, 0) is 0 Å². The Balaban J connectivity index is 3.68. The standard InChI is InChI=1S/C6H9F/c1-5(2)4-6(3)7/h4H,3H2,1-2H3. The second-order valence-corrected chi connectivity index (χ2v) is 1.67. The molecule has 0 N–H and O–H groups in total. The van der Waals surface area contributed by atoms with Crippen LogP contribution in [0.15, 0.2) is 24.1 Å². The Kier molecular flexibility index (Phi) is 2.34. The van der Waals surface area contributed by atoms with E-state index < -0.39 is 0 Å². The SMILES string of the molecule is C=C(F)C=C(C)C. The van der Waals surface area contributed by atoms with Crippen LogP contribution < -0.4 is 0 Å². The molecule has 1 heteroatoms. The summed E-state index contributed by atoms with van der Waals surface area (Å²) in [6.07, 6.45) is 1.39. The van der Waals surface area contributed by atoms with E-state index in [4.69, 9.17) is 0 Å². The molecule has 0 aromatic rings. The van der Waals surface area contributed by atoms with Crippen LogP contribution in [0.5, 0.6) is 0 Å².